The smallest absolute Gasteiger partial charge is 0.462 e. The van der Waals surface area contributed by atoms with Gasteiger partial charge in [0.05, 0.1) is 26.4 Å². The van der Waals surface area contributed by atoms with E-state index < -0.39 is 97.5 Å². The number of hydrogen-bond acceptors (Lipinski definition) is 15. The fraction of sp³-hybridized carbons (Fsp3) is 0.947. The van der Waals surface area contributed by atoms with Crippen molar-refractivity contribution in [1.29, 1.82) is 0 Å². The molecule has 564 valence electrons. The highest BCUT2D eigenvalue weighted by Gasteiger charge is 2.30. The molecular formula is C76H148O17P2. The van der Waals surface area contributed by atoms with Crippen LogP contribution in [0, 0.1) is 23.7 Å². The molecule has 17 nitrogen and oxygen atoms in total. The van der Waals surface area contributed by atoms with Gasteiger partial charge in [0.2, 0.25) is 0 Å². The van der Waals surface area contributed by atoms with Gasteiger partial charge >= 0.3 is 39.5 Å². The zero-order chi connectivity index (χ0) is 70.3. The van der Waals surface area contributed by atoms with Crippen molar-refractivity contribution in [2.75, 3.05) is 39.6 Å². The molecule has 0 aromatic rings. The maximum atomic E-state index is 13.1. The van der Waals surface area contributed by atoms with Crippen LogP contribution in [0.25, 0.3) is 0 Å². The molecule has 0 rings (SSSR count). The fourth-order valence-electron chi connectivity index (χ4n) is 11.5. The standard InChI is InChI=1S/C76H148O17P2/c1-9-67(6)53-45-37-29-22-20-18-16-14-12-13-15-17-19-21-23-33-42-50-58-75(80)92-71(62-86-74(79)57-49-41-32-27-25-30-38-46-54-68(7)10-2)64-90-94(82,83)88-60-70(77)61-89-95(84,85)91-65-72(93-76(81)59-51-43-35-34-39-47-55-69(8)11-3)63-87-73(78)56-48-40-31-26-24-28-36-44-52-66(4)5/h66-72,77H,9-65H2,1-8H3,(H,82,83)(H,84,85)/t67?,68?,69?,70?,71-,72-/m1/s1. The van der Waals surface area contributed by atoms with Crippen LogP contribution in [0.2, 0.25) is 0 Å². The van der Waals surface area contributed by atoms with Gasteiger partial charge in [0.25, 0.3) is 0 Å². The molecule has 0 aliphatic carbocycles. The summed E-state index contributed by atoms with van der Waals surface area (Å²) in [5, 5.41) is 10.6. The van der Waals surface area contributed by atoms with Gasteiger partial charge in [-0.2, -0.15) is 0 Å². The summed E-state index contributed by atoms with van der Waals surface area (Å²) in [6.07, 6.45) is 50.1. The summed E-state index contributed by atoms with van der Waals surface area (Å²) in [5.41, 5.74) is 0. The molecule has 0 amide bonds. The van der Waals surface area contributed by atoms with Gasteiger partial charge in [0.1, 0.15) is 19.3 Å². The molecule has 6 unspecified atom stereocenters. The molecule has 0 saturated carbocycles. The number of rotatable bonds is 73. The Balaban J connectivity index is 5.19. The van der Waals surface area contributed by atoms with Gasteiger partial charge in [0.15, 0.2) is 12.2 Å². The van der Waals surface area contributed by atoms with Gasteiger partial charge in [-0.15, -0.1) is 0 Å². The van der Waals surface area contributed by atoms with Crippen molar-refractivity contribution in [2.45, 2.75) is 401 Å². The monoisotopic (exact) mass is 1400 g/mol. The molecule has 95 heavy (non-hydrogen) atoms. The third-order valence-corrected chi connectivity index (χ3v) is 20.6. The first kappa shape index (κ1) is 93.1. The Morgan fingerprint density at radius 2 is 0.505 bits per heavy atom. The van der Waals surface area contributed by atoms with Crippen molar-refractivity contribution in [1.82, 2.24) is 0 Å². The summed E-state index contributed by atoms with van der Waals surface area (Å²) in [6.45, 7) is 14.2. The number of unbranched alkanes of at least 4 members (excludes halogenated alkanes) is 36. The van der Waals surface area contributed by atoms with Gasteiger partial charge in [-0.25, -0.2) is 9.13 Å². The Hall–Kier alpha value is -1.94. The van der Waals surface area contributed by atoms with Gasteiger partial charge < -0.3 is 33.8 Å². The largest absolute Gasteiger partial charge is 0.472 e. The first-order valence-corrected chi connectivity index (χ1v) is 42.3. The molecule has 0 heterocycles. The summed E-state index contributed by atoms with van der Waals surface area (Å²) >= 11 is 0. The number of carbonyl (C=O) groups excluding carboxylic acids is 4. The summed E-state index contributed by atoms with van der Waals surface area (Å²) in [6, 6.07) is 0. The predicted octanol–water partition coefficient (Wildman–Crippen LogP) is 22.0. The first-order chi connectivity index (χ1) is 45.7. The maximum Gasteiger partial charge on any atom is 0.472 e. The lowest BCUT2D eigenvalue weighted by atomic mass is 9.99. The van der Waals surface area contributed by atoms with E-state index in [2.05, 4.69) is 55.4 Å². The highest BCUT2D eigenvalue weighted by molar-refractivity contribution is 7.47. The molecule has 0 bridgehead atoms. The molecule has 0 aromatic heterocycles. The lowest BCUT2D eigenvalue weighted by molar-refractivity contribution is -0.161. The zero-order valence-corrected chi connectivity index (χ0v) is 64.1. The predicted molar refractivity (Wildman–Crippen MR) is 386 cm³/mol. The topological polar surface area (TPSA) is 237 Å². The molecule has 0 fully saturated rings. The van der Waals surface area contributed by atoms with Crippen LogP contribution >= 0.6 is 15.6 Å². The molecule has 8 atom stereocenters. The molecule has 3 N–H and O–H groups in total. The van der Waals surface area contributed by atoms with Crippen LogP contribution in [0.3, 0.4) is 0 Å². The van der Waals surface area contributed by atoms with E-state index in [0.717, 1.165) is 114 Å². The van der Waals surface area contributed by atoms with E-state index in [1.807, 2.05) is 0 Å². The quantitative estimate of drug-likeness (QED) is 0.0222. The Kier molecular flexibility index (Phi) is 64.0. The van der Waals surface area contributed by atoms with Gasteiger partial charge in [-0.3, -0.25) is 37.3 Å². The Bertz CT molecular complexity index is 1870. The van der Waals surface area contributed by atoms with Crippen molar-refractivity contribution in [3.05, 3.63) is 0 Å². The minimum absolute atomic E-state index is 0.102. The van der Waals surface area contributed by atoms with E-state index in [-0.39, 0.29) is 25.7 Å². The van der Waals surface area contributed by atoms with Crippen molar-refractivity contribution in [3.8, 4) is 0 Å². The lowest BCUT2D eigenvalue weighted by Gasteiger charge is -2.21. The first-order valence-electron chi connectivity index (χ1n) is 39.3. The molecule has 0 radical (unpaired) electrons. The molecule has 0 aromatic carbocycles. The van der Waals surface area contributed by atoms with Crippen molar-refractivity contribution in [2.24, 2.45) is 23.7 Å². The van der Waals surface area contributed by atoms with Crippen LogP contribution in [0.5, 0.6) is 0 Å². The van der Waals surface area contributed by atoms with Gasteiger partial charge in [0, 0.05) is 25.7 Å². The van der Waals surface area contributed by atoms with Gasteiger partial charge in [-0.1, -0.05) is 331 Å². The molecule has 0 spiro atoms. The summed E-state index contributed by atoms with van der Waals surface area (Å²) < 4.78 is 68.4. The molecule has 0 aliphatic heterocycles. The number of hydrogen-bond donors (Lipinski definition) is 3. The number of phosphoric ester groups is 2. The minimum Gasteiger partial charge on any atom is -0.462 e. The molecule has 19 heteroatoms. The van der Waals surface area contributed by atoms with Crippen LogP contribution in [-0.4, -0.2) is 96.7 Å². The van der Waals surface area contributed by atoms with E-state index in [1.165, 1.54) is 186 Å². The number of aliphatic hydroxyl groups is 1. The van der Waals surface area contributed by atoms with E-state index in [4.69, 9.17) is 37.0 Å². The normalized spacial score (nSPS) is 15.0. The summed E-state index contributed by atoms with van der Waals surface area (Å²) in [7, 11) is -9.91. The number of carbonyl (C=O) groups is 4. The third-order valence-electron chi connectivity index (χ3n) is 18.7. The Labute approximate surface area is 581 Å². The highest BCUT2D eigenvalue weighted by Crippen LogP contribution is 2.45. The van der Waals surface area contributed by atoms with Crippen molar-refractivity contribution >= 4 is 39.5 Å². The molecule has 0 aliphatic rings. The van der Waals surface area contributed by atoms with E-state index in [0.29, 0.717) is 25.7 Å². The maximum absolute atomic E-state index is 13.1. The Morgan fingerprint density at radius 3 is 0.747 bits per heavy atom. The second-order valence-electron chi connectivity index (χ2n) is 28.6. The lowest BCUT2D eigenvalue weighted by Crippen LogP contribution is -2.30. The number of aliphatic hydroxyl groups excluding tert-OH is 1. The number of ether oxygens (including phenoxy) is 4. The fourth-order valence-corrected chi connectivity index (χ4v) is 13.0. The van der Waals surface area contributed by atoms with Crippen molar-refractivity contribution < 1.29 is 80.2 Å². The zero-order valence-electron chi connectivity index (χ0n) is 62.3. The van der Waals surface area contributed by atoms with E-state index >= 15 is 0 Å². The minimum atomic E-state index is -4.96. The molecular weight excluding hydrogens is 1250 g/mol. The van der Waals surface area contributed by atoms with Gasteiger partial charge in [-0.05, 0) is 49.4 Å². The second kappa shape index (κ2) is 65.4. The average molecular weight is 1400 g/mol. The third kappa shape index (κ3) is 66.4. The molecule has 0 saturated heterocycles. The van der Waals surface area contributed by atoms with Crippen LogP contribution in [0.15, 0.2) is 0 Å². The van der Waals surface area contributed by atoms with E-state index in [9.17, 15) is 43.2 Å². The van der Waals surface area contributed by atoms with E-state index in [1.54, 1.807) is 0 Å². The highest BCUT2D eigenvalue weighted by atomic mass is 31.2. The Morgan fingerprint density at radius 1 is 0.295 bits per heavy atom. The summed E-state index contributed by atoms with van der Waals surface area (Å²) in [4.78, 5) is 72.7. The van der Waals surface area contributed by atoms with Crippen LogP contribution < -0.4 is 0 Å². The number of esters is 4. The SMILES string of the molecule is CCC(C)CCCCCCCCCCCCCCCCCCCCC(=O)O[C@H](COC(=O)CCCCCCCCCCC(C)CC)COP(=O)(O)OCC(O)COP(=O)(O)OC[C@@H](COC(=O)CCCCCCCCCCC(C)C)OC(=O)CCCCCCCCC(C)CC. The van der Waals surface area contributed by atoms with Crippen LogP contribution in [0.1, 0.15) is 383 Å². The number of phosphoric acid groups is 2. The van der Waals surface area contributed by atoms with Crippen LogP contribution in [0.4, 0.5) is 0 Å². The average Bonchev–Trinajstić information content (AvgIpc) is 1.93. The van der Waals surface area contributed by atoms with Crippen LogP contribution in [-0.2, 0) is 65.4 Å². The second-order valence-corrected chi connectivity index (χ2v) is 31.5. The summed E-state index contributed by atoms with van der Waals surface area (Å²) in [5.74, 6) is 0.969. The van der Waals surface area contributed by atoms with Crippen molar-refractivity contribution in [3.63, 3.8) is 0 Å².